The van der Waals surface area contributed by atoms with Gasteiger partial charge in [0.1, 0.15) is 0 Å². The first-order valence-corrected chi connectivity index (χ1v) is 7.22. The van der Waals surface area contributed by atoms with E-state index in [9.17, 15) is 5.11 Å². The van der Waals surface area contributed by atoms with Crippen molar-refractivity contribution in [1.29, 1.82) is 0 Å². The average molecular weight is 304 g/mol. The van der Waals surface area contributed by atoms with Crippen molar-refractivity contribution in [3.05, 3.63) is 33.8 Å². The van der Waals surface area contributed by atoms with E-state index in [0.717, 1.165) is 26.1 Å². The molecule has 0 aromatic heterocycles. The van der Waals surface area contributed by atoms with Crippen LogP contribution in [-0.4, -0.2) is 30.4 Å². The van der Waals surface area contributed by atoms with Gasteiger partial charge in [-0.05, 0) is 38.0 Å². The molecule has 1 aliphatic heterocycles. The molecule has 0 aliphatic carbocycles. The highest BCUT2D eigenvalue weighted by Gasteiger charge is 2.27. The highest BCUT2D eigenvalue weighted by Crippen LogP contribution is 2.27. The summed E-state index contributed by atoms with van der Waals surface area (Å²) in [6, 6.07) is 5.13. The predicted octanol–water partition coefficient (Wildman–Crippen LogP) is 3.19. The maximum atomic E-state index is 10.2. The monoisotopic (exact) mass is 303 g/mol. The minimum atomic E-state index is -0.661. The first-order valence-electron chi connectivity index (χ1n) is 6.46. The number of aliphatic hydroxyl groups is 1. The molecule has 0 bridgehead atoms. The molecular weight excluding hydrogens is 285 g/mol. The molecular formula is C14H19Cl2NO2. The molecule has 1 unspecified atom stereocenters. The van der Waals surface area contributed by atoms with Gasteiger partial charge in [-0.15, -0.1) is 0 Å². The van der Waals surface area contributed by atoms with Crippen molar-refractivity contribution >= 4 is 23.2 Å². The van der Waals surface area contributed by atoms with E-state index in [1.54, 1.807) is 18.2 Å². The molecule has 106 valence electrons. The molecule has 2 rings (SSSR count). The van der Waals surface area contributed by atoms with Crippen molar-refractivity contribution in [3.8, 4) is 0 Å². The van der Waals surface area contributed by atoms with E-state index in [1.165, 1.54) is 0 Å². The molecule has 19 heavy (non-hydrogen) atoms. The Morgan fingerprint density at radius 1 is 1.37 bits per heavy atom. The van der Waals surface area contributed by atoms with Gasteiger partial charge in [0.2, 0.25) is 0 Å². The summed E-state index contributed by atoms with van der Waals surface area (Å²) in [6.07, 6.45) is 1.23. The lowest BCUT2D eigenvalue weighted by Crippen LogP contribution is -2.48. The second-order valence-electron chi connectivity index (χ2n) is 5.24. The maximum absolute atomic E-state index is 10.2. The SMILES string of the molecule is CC1(NCC(O)c2cc(Cl)ccc2Cl)CCOCC1. The van der Waals surface area contributed by atoms with Gasteiger partial charge in [0.15, 0.2) is 0 Å². The molecule has 5 heteroatoms. The van der Waals surface area contributed by atoms with Gasteiger partial charge >= 0.3 is 0 Å². The highest BCUT2D eigenvalue weighted by molar-refractivity contribution is 6.33. The fourth-order valence-corrected chi connectivity index (χ4v) is 2.65. The van der Waals surface area contributed by atoms with Gasteiger partial charge in [-0.1, -0.05) is 23.2 Å². The molecule has 2 N–H and O–H groups in total. The molecule has 0 spiro atoms. The van der Waals surface area contributed by atoms with Crippen LogP contribution in [0.2, 0.25) is 10.0 Å². The maximum Gasteiger partial charge on any atom is 0.0929 e. The molecule has 1 fully saturated rings. The van der Waals surface area contributed by atoms with Gasteiger partial charge in [-0.25, -0.2) is 0 Å². The number of β-amino-alcohol motifs (C(OH)–C–C–N with tert-alkyl or cyclic N) is 1. The van der Waals surface area contributed by atoms with E-state index >= 15 is 0 Å². The van der Waals surface area contributed by atoms with Crippen LogP contribution < -0.4 is 5.32 Å². The van der Waals surface area contributed by atoms with Crippen LogP contribution in [0, 0.1) is 0 Å². The van der Waals surface area contributed by atoms with E-state index in [1.807, 2.05) is 0 Å². The van der Waals surface area contributed by atoms with Crippen LogP contribution in [0.4, 0.5) is 0 Å². The Morgan fingerprint density at radius 2 is 2.05 bits per heavy atom. The van der Waals surface area contributed by atoms with E-state index in [-0.39, 0.29) is 5.54 Å². The summed E-state index contributed by atoms with van der Waals surface area (Å²) < 4.78 is 5.35. The minimum Gasteiger partial charge on any atom is -0.387 e. The zero-order valence-electron chi connectivity index (χ0n) is 11.0. The van der Waals surface area contributed by atoms with Gasteiger partial charge in [-0.2, -0.15) is 0 Å². The second-order valence-corrected chi connectivity index (χ2v) is 6.08. The fourth-order valence-electron chi connectivity index (χ4n) is 2.22. The highest BCUT2D eigenvalue weighted by atomic mass is 35.5. The number of halogens is 2. The zero-order chi connectivity index (χ0) is 13.9. The lowest BCUT2D eigenvalue weighted by Gasteiger charge is -2.35. The van der Waals surface area contributed by atoms with Crippen molar-refractivity contribution < 1.29 is 9.84 Å². The Labute approximate surface area is 123 Å². The summed E-state index contributed by atoms with van der Waals surface area (Å²) in [5.74, 6) is 0. The molecule has 1 aromatic carbocycles. The minimum absolute atomic E-state index is 0.0181. The van der Waals surface area contributed by atoms with E-state index in [0.29, 0.717) is 22.2 Å². The number of benzene rings is 1. The Hall–Kier alpha value is -0.320. The van der Waals surface area contributed by atoms with Gasteiger partial charge in [0, 0.05) is 40.9 Å². The summed E-state index contributed by atoms with van der Waals surface area (Å²) >= 11 is 12.0. The Kier molecular flexibility index (Phi) is 5.09. The summed E-state index contributed by atoms with van der Waals surface area (Å²) in [6.45, 7) is 4.13. The van der Waals surface area contributed by atoms with E-state index < -0.39 is 6.10 Å². The van der Waals surface area contributed by atoms with Crippen molar-refractivity contribution in [2.75, 3.05) is 19.8 Å². The van der Waals surface area contributed by atoms with E-state index in [4.69, 9.17) is 27.9 Å². The first-order chi connectivity index (χ1) is 9.00. The van der Waals surface area contributed by atoms with Gasteiger partial charge in [-0.3, -0.25) is 0 Å². The molecule has 1 saturated heterocycles. The number of rotatable bonds is 4. The second kappa shape index (κ2) is 6.42. The van der Waals surface area contributed by atoms with Crippen LogP contribution in [0.15, 0.2) is 18.2 Å². The third-order valence-corrected chi connectivity index (χ3v) is 4.21. The summed E-state index contributed by atoms with van der Waals surface area (Å²) in [4.78, 5) is 0. The smallest absolute Gasteiger partial charge is 0.0929 e. The molecule has 1 aromatic rings. The average Bonchev–Trinajstić information content (AvgIpc) is 2.40. The number of hydrogen-bond acceptors (Lipinski definition) is 3. The van der Waals surface area contributed by atoms with Gasteiger partial charge in [0.25, 0.3) is 0 Å². The summed E-state index contributed by atoms with van der Waals surface area (Å²) in [7, 11) is 0. The van der Waals surface area contributed by atoms with Crippen molar-refractivity contribution in [2.24, 2.45) is 0 Å². The molecule has 1 atom stereocenters. The predicted molar refractivity (Wildman–Crippen MR) is 77.9 cm³/mol. The van der Waals surface area contributed by atoms with Crippen molar-refractivity contribution in [1.82, 2.24) is 5.32 Å². The molecule has 1 aliphatic rings. The number of aliphatic hydroxyl groups excluding tert-OH is 1. The lowest BCUT2D eigenvalue weighted by atomic mass is 9.92. The van der Waals surface area contributed by atoms with Crippen LogP contribution in [0.1, 0.15) is 31.4 Å². The third kappa shape index (κ3) is 4.07. The number of hydrogen-bond donors (Lipinski definition) is 2. The topological polar surface area (TPSA) is 41.5 Å². The standard InChI is InChI=1S/C14H19Cl2NO2/c1-14(4-6-19-7-5-14)17-9-13(18)11-8-10(15)2-3-12(11)16/h2-3,8,13,17-18H,4-7,9H2,1H3. The summed E-state index contributed by atoms with van der Waals surface area (Å²) in [5.41, 5.74) is 0.682. The third-order valence-electron chi connectivity index (χ3n) is 3.64. The van der Waals surface area contributed by atoms with Crippen molar-refractivity contribution in [3.63, 3.8) is 0 Å². The molecule has 1 heterocycles. The molecule has 0 radical (unpaired) electrons. The molecule has 0 amide bonds. The molecule has 0 saturated carbocycles. The Bertz CT molecular complexity index is 433. The van der Waals surface area contributed by atoms with Crippen molar-refractivity contribution in [2.45, 2.75) is 31.4 Å². The van der Waals surface area contributed by atoms with E-state index in [2.05, 4.69) is 12.2 Å². The van der Waals surface area contributed by atoms with Gasteiger partial charge in [0.05, 0.1) is 6.10 Å². The Morgan fingerprint density at radius 3 is 2.74 bits per heavy atom. The van der Waals surface area contributed by atoms with Crippen LogP contribution in [-0.2, 0) is 4.74 Å². The van der Waals surface area contributed by atoms with Crippen LogP contribution >= 0.6 is 23.2 Å². The number of ether oxygens (including phenoxy) is 1. The zero-order valence-corrected chi connectivity index (χ0v) is 12.5. The quantitative estimate of drug-likeness (QED) is 0.897. The molecule has 3 nitrogen and oxygen atoms in total. The Balaban J connectivity index is 1.97. The van der Waals surface area contributed by atoms with Gasteiger partial charge < -0.3 is 15.2 Å². The summed E-state index contributed by atoms with van der Waals surface area (Å²) in [5, 5.41) is 14.8. The largest absolute Gasteiger partial charge is 0.387 e. The van der Waals surface area contributed by atoms with Crippen LogP contribution in [0.5, 0.6) is 0 Å². The lowest BCUT2D eigenvalue weighted by molar-refractivity contribution is 0.0388. The van der Waals surface area contributed by atoms with Crippen LogP contribution in [0.3, 0.4) is 0 Å². The first kappa shape index (κ1) is 15.1. The normalized spacial score (nSPS) is 20.2. The van der Waals surface area contributed by atoms with Crippen LogP contribution in [0.25, 0.3) is 0 Å². The fraction of sp³-hybridized carbons (Fsp3) is 0.571. The number of nitrogens with one attached hydrogen (secondary N) is 1.